The van der Waals surface area contributed by atoms with Crippen molar-refractivity contribution in [2.45, 2.75) is 32.6 Å². The highest BCUT2D eigenvalue weighted by Gasteiger charge is 1.94. The third-order valence-corrected chi connectivity index (χ3v) is 1.67. The second-order valence-electron chi connectivity index (χ2n) is 3.19. The van der Waals surface area contributed by atoms with E-state index in [0.717, 1.165) is 38.9 Å². The van der Waals surface area contributed by atoms with E-state index in [1.54, 1.807) is 0 Å². The van der Waals surface area contributed by atoms with Gasteiger partial charge in [-0.3, -0.25) is 4.79 Å². The highest BCUT2D eigenvalue weighted by molar-refractivity contribution is 5.74. The summed E-state index contributed by atoms with van der Waals surface area (Å²) in [4.78, 5) is 10.3. The summed E-state index contributed by atoms with van der Waals surface area (Å²) in [6.07, 6.45) is 4.16. The van der Waals surface area contributed by atoms with Gasteiger partial charge in [0.15, 0.2) is 0 Å². The number of unbranched alkanes of at least 4 members (excludes halogenated alkanes) is 2. The van der Waals surface area contributed by atoms with E-state index >= 15 is 0 Å². The van der Waals surface area contributed by atoms with E-state index in [2.05, 4.69) is 6.92 Å². The third-order valence-electron chi connectivity index (χ3n) is 1.67. The van der Waals surface area contributed by atoms with Crippen LogP contribution in [0, 0.1) is 0 Å². The molecular weight excluding hydrogens is 182 g/mol. The van der Waals surface area contributed by atoms with Gasteiger partial charge in [0.2, 0.25) is 5.91 Å². The quantitative estimate of drug-likeness (QED) is 0.540. The van der Waals surface area contributed by atoms with Gasteiger partial charge in [0.25, 0.3) is 0 Å². The molecule has 14 heavy (non-hydrogen) atoms. The molecule has 0 saturated carbocycles. The number of nitrogens with two attached hydrogens (primary N) is 1. The highest BCUT2D eigenvalue weighted by Crippen LogP contribution is 1.96. The molecule has 1 amide bonds. The molecule has 0 heterocycles. The zero-order chi connectivity index (χ0) is 10.6. The van der Waals surface area contributed by atoms with Gasteiger partial charge in [-0.1, -0.05) is 6.92 Å². The Hall–Kier alpha value is -0.610. The molecule has 0 radical (unpaired) electrons. The third kappa shape index (κ3) is 11.4. The van der Waals surface area contributed by atoms with E-state index in [9.17, 15) is 4.79 Å². The summed E-state index contributed by atoms with van der Waals surface area (Å²) in [5, 5.41) is 0. The van der Waals surface area contributed by atoms with Crippen LogP contribution in [-0.4, -0.2) is 32.3 Å². The van der Waals surface area contributed by atoms with Gasteiger partial charge < -0.3 is 15.2 Å². The number of carbonyl (C=O) groups excluding carboxylic acids is 1. The fourth-order valence-electron chi connectivity index (χ4n) is 1.00. The Bertz CT molecular complexity index is 139. The van der Waals surface area contributed by atoms with Crippen molar-refractivity contribution >= 4 is 5.91 Å². The maximum Gasteiger partial charge on any atom is 0.243 e. The van der Waals surface area contributed by atoms with Crippen LogP contribution in [0.5, 0.6) is 0 Å². The van der Waals surface area contributed by atoms with E-state index in [1.165, 1.54) is 0 Å². The number of carbonyl (C=O) groups is 1. The zero-order valence-electron chi connectivity index (χ0n) is 8.96. The lowest BCUT2D eigenvalue weighted by Crippen LogP contribution is -2.18. The highest BCUT2D eigenvalue weighted by atomic mass is 16.5. The fraction of sp³-hybridized carbons (Fsp3) is 0.900. The summed E-state index contributed by atoms with van der Waals surface area (Å²) in [6.45, 7) is 4.41. The Balaban J connectivity index is 2.88. The maximum atomic E-state index is 10.3. The van der Waals surface area contributed by atoms with E-state index in [-0.39, 0.29) is 6.61 Å². The van der Waals surface area contributed by atoms with Crippen LogP contribution in [0.25, 0.3) is 0 Å². The van der Waals surface area contributed by atoms with Crippen molar-refractivity contribution in [3.8, 4) is 0 Å². The van der Waals surface area contributed by atoms with Crippen molar-refractivity contribution in [1.29, 1.82) is 0 Å². The maximum absolute atomic E-state index is 10.3. The number of ether oxygens (including phenoxy) is 2. The topological polar surface area (TPSA) is 61.6 Å². The first-order valence-electron chi connectivity index (χ1n) is 5.21. The van der Waals surface area contributed by atoms with Crippen molar-refractivity contribution < 1.29 is 14.3 Å². The average Bonchev–Trinajstić information content (AvgIpc) is 2.15. The van der Waals surface area contributed by atoms with Crippen LogP contribution in [0.15, 0.2) is 0 Å². The summed E-state index contributed by atoms with van der Waals surface area (Å²) in [5.41, 5.74) is 4.90. The molecule has 0 aliphatic rings. The summed E-state index contributed by atoms with van der Waals surface area (Å²) >= 11 is 0. The van der Waals surface area contributed by atoms with Crippen LogP contribution in [0.4, 0.5) is 0 Å². The first-order valence-corrected chi connectivity index (χ1v) is 5.21. The van der Waals surface area contributed by atoms with Crippen LogP contribution in [0.2, 0.25) is 0 Å². The molecule has 0 aliphatic carbocycles. The number of primary amides is 1. The number of rotatable bonds is 10. The number of hydrogen-bond acceptors (Lipinski definition) is 3. The van der Waals surface area contributed by atoms with Crippen LogP contribution >= 0.6 is 0 Å². The predicted octanol–water partition coefficient (Wildman–Crippen LogP) is 1.09. The van der Waals surface area contributed by atoms with Gasteiger partial charge in [0.05, 0.1) is 0 Å². The van der Waals surface area contributed by atoms with Crippen molar-refractivity contribution in [2.24, 2.45) is 5.73 Å². The Morgan fingerprint density at radius 1 is 1.07 bits per heavy atom. The van der Waals surface area contributed by atoms with Crippen LogP contribution in [0.3, 0.4) is 0 Å². The molecular formula is C10H21NO3. The smallest absolute Gasteiger partial charge is 0.243 e. The summed E-state index contributed by atoms with van der Waals surface area (Å²) in [5.74, 6) is -0.406. The second kappa shape index (κ2) is 10.5. The minimum Gasteiger partial charge on any atom is -0.381 e. The molecule has 0 aromatic rings. The molecule has 0 spiro atoms. The van der Waals surface area contributed by atoms with Gasteiger partial charge in [-0.05, 0) is 25.7 Å². The minimum absolute atomic E-state index is 0.0341. The molecule has 4 nitrogen and oxygen atoms in total. The van der Waals surface area contributed by atoms with E-state index < -0.39 is 5.91 Å². The second-order valence-corrected chi connectivity index (χ2v) is 3.19. The molecule has 0 rings (SSSR count). The van der Waals surface area contributed by atoms with Crippen LogP contribution < -0.4 is 5.73 Å². The first kappa shape index (κ1) is 13.4. The normalized spacial score (nSPS) is 10.4. The predicted molar refractivity (Wildman–Crippen MR) is 55.0 cm³/mol. The fourth-order valence-corrected chi connectivity index (χ4v) is 1.00. The molecule has 2 N–H and O–H groups in total. The van der Waals surface area contributed by atoms with Crippen molar-refractivity contribution in [3.05, 3.63) is 0 Å². The van der Waals surface area contributed by atoms with Crippen LogP contribution in [-0.2, 0) is 14.3 Å². The lowest BCUT2D eigenvalue weighted by atomic mass is 10.2. The molecule has 0 aromatic carbocycles. The molecule has 0 aliphatic heterocycles. The summed E-state index contributed by atoms with van der Waals surface area (Å²) in [7, 11) is 0. The molecule has 0 fully saturated rings. The van der Waals surface area contributed by atoms with E-state index in [0.29, 0.717) is 6.61 Å². The van der Waals surface area contributed by atoms with Gasteiger partial charge >= 0.3 is 0 Å². The first-order chi connectivity index (χ1) is 6.77. The molecule has 0 saturated heterocycles. The van der Waals surface area contributed by atoms with E-state index in [4.69, 9.17) is 15.2 Å². The van der Waals surface area contributed by atoms with Gasteiger partial charge in [-0.25, -0.2) is 0 Å². The summed E-state index contributed by atoms with van der Waals surface area (Å²) < 4.78 is 10.3. The lowest BCUT2D eigenvalue weighted by molar-refractivity contribution is -0.122. The molecule has 0 atom stereocenters. The van der Waals surface area contributed by atoms with Gasteiger partial charge in [0, 0.05) is 19.8 Å². The molecule has 4 heteroatoms. The Morgan fingerprint density at radius 3 is 2.29 bits per heavy atom. The van der Waals surface area contributed by atoms with Gasteiger partial charge in [-0.2, -0.15) is 0 Å². The van der Waals surface area contributed by atoms with Crippen LogP contribution in [0.1, 0.15) is 32.6 Å². The Labute approximate surface area is 85.8 Å². The molecule has 0 aromatic heterocycles. The lowest BCUT2D eigenvalue weighted by Gasteiger charge is -2.03. The average molecular weight is 203 g/mol. The van der Waals surface area contributed by atoms with Crippen molar-refractivity contribution in [1.82, 2.24) is 0 Å². The minimum atomic E-state index is -0.406. The SMILES string of the molecule is CCCOCCCCCOCC(N)=O. The standard InChI is InChI=1S/C10H21NO3/c1-2-6-13-7-4-3-5-8-14-9-10(11)12/h2-9H2,1H3,(H2,11,12). The Morgan fingerprint density at radius 2 is 1.71 bits per heavy atom. The molecule has 0 unspecified atom stereocenters. The molecule has 0 bridgehead atoms. The van der Waals surface area contributed by atoms with Gasteiger partial charge in [0.1, 0.15) is 6.61 Å². The van der Waals surface area contributed by atoms with Crippen molar-refractivity contribution in [2.75, 3.05) is 26.4 Å². The monoisotopic (exact) mass is 203 g/mol. The Kier molecular flexibility index (Phi) is 10.0. The number of amides is 1. The zero-order valence-corrected chi connectivity index (χ0v) is 8.96. The summed E-state index contributed by atoms with van der Waals surface area (Å²) in [6, 6.07) is 0. The van der Waals surface area contributed by atoms with Crippen molar-refractivity contribution in [3.63, 3.8) is 0 Å². The van der Waals surface area contributed by atoms with Gasteiger partial charge in [-0.15, -0.1) is 0 Å². The van der Waals surface area contributed by atoms with E-state index in [1.807, 2.05) is 0 Å². The number of hydrogen-bond donors (Lipinski definition) is 1. The molecule has 84 valence electrons. The largest absolute Gasteiger partial charge is 0.381 e.